The van der Waals surface area contributed by atoms with Gasteiger partial charge in [0, 0.05) is 6.61 Å². The molecule has 2 nitrogen and oxygen atoms in total. The van der Waals surface area contributed by atoms with Crippen LogP contribution < -0.4 is 0 Å². The molecule has 2 heteroatoms. The number of hydrogen-bond acceptors (Lipinski definition) is 2. The van der Waals surface area contributed by atoms with Crippen LogP contribution in [-0.2, 0) is 9.47 Å². The van der Waals surface area contributed by atoms with Crippen molar-refractivity contribution in [1.82, 2.24) is 0 Å². The van der Waals surface area contributed by atoms with Gasteiger partial charge in [0.2, 0.25) is 0 Å². The lowest BCUT2D eigenvalue weighted by atomic mass is 10.1. The van der Waals surface area contributed by atoms with Gasteiger partial charge in [-0.15, -0.1) is 0 Å². The zero-order valence-electron chi connectivity index (χ0n) is 12.3. The molecule has 0 aromatic heterocycles. The van der Waals surface area contributed by atoms with E-state index < -0.39 is 0 Å². The first kappa shape index (κ1) is 16.0. The maximum Gasteiger partial charge on any atom is 0.104 e. The first-order chi connectivity index (χ1) is 8.93. The summed E-state index contributed by atoms with van der Waals surface area (Å²) in [6.07, 6.45) is 15.8. The molecule has 0 spiro atoms. The van der Waals surface area contributed by atoms with E-state index in [2.05, 4.69) is 6.92 Å². The Morgan fingerprint density at radius 2 is 1.33 bits per heavy atom. The zero-order chi connectivity index (χ0) is 12.9. The minimum Gasteiger partial charge on any atom is -0.379 e. The molecular weight excluding hydrogens is 224 g/mol. The molecule has 0 aliphatic carbocycles. The molecule has 1 heterocycles. The standard InChI is InChI=1S/C16H32O2/c1-2-3-4-5-6-7-8-9-10-11-12-13-17-14-16-15-18-16/h16H,2-15H2,1H3/t16-/m0/s1. The Labute approximate surface area is 113 Å². The highest BCUT2D eigenvalue weighted by molar-refractivity contribution is 4.66. The maximum atomic E-state index is 5.52. The van der Waals surface area contributed by atoms with Crippen molar-refractivity contribution in [2.45, 2.75) is 83.7 Å². The highest BCUT2D eigenvalue weighted by Gasteiger charge is 2.21. The van der Waals surface area contributed by atoms with Gasteiger partial charge in [0.05, 0.1) is 13.2 Å². The van der Waals surface area contributed by atoms with E-state index in [-0.39, 0.29) is 0 Å². The molecule has 1 rings (SSSR count). The average molecular weight is 256 g/mol. The molecule has 18 heavy (non-hydrogen) atoms. The van der Waals surface area contributed by atoms with Gasteiger partial charge in [-0.05, 0) is 6.42 Å². The second kappa shape index (κ2) is 12.0. The van der Waals surface area contributed by atoms with Crippen molar-refractivity contribution in [2.75, 3.05) is 19.8 Å². The molecule has 0 radical (unpaired) electrons. The predicted molar refractivity (Wildman–Crippen MR) is 77.0 cm³/mol. The molecule has 0 N–H and O–H groups in total. The molecule has 0 unspecified atom stereocenters. The van der Waals surface area contributed by atoms with E-state index in [0.29, 0.717) is 6.10 Å². The summed E-state index contributed by atoms with van der Waals surface area (Å²) >= 11 is 0. The summed E-state index contributed by atoms with van der Waals surface area (Å²) in [5, 5.41) is 0. The average Bonchev–Trinajstić information content (AvgIpc) is 3.19. The van der Waals surface area contributed by atoms with Gasteiger partial charge in [-0.3, -0.25) is 0 Å². The van der Waals surface area contributed by atoms with E-state index in [1.807, 2.05) is 0 Å². The van der Waals surface area contributed by atoms with E-state index in [9.17, 15) is 0 Å². The summed E-state index contributed by atoms with van der Waals surface area (Å²) in [5.41, 5.74) is 0. The third-order valence-electron chi connectivity index (χ3n) is 3.60. The first-order valence-corrected chi connectivity index (χ1v) is 8.13. The highest BCUT2D eigenvalue weighted by atomic mass is 16.6. The molecule has 1 fully saturated rings. The Bertz CT molecular complexity index is 166. The summed E-state index contributed by atoms with van der Waals surface area (Å²) < 4.78 is 10.6. The summed E-state index contributed by atoms with van der Waals surface area (Å²) in [6.45, 7) is 4.94. The van der Waals surface area contributed by atoms with Crippen LogP contribution in [0.2, 0.25) is 0 Å². The number of epoxide rings is 1. The molecule has 0 saturated carbocycles. The molecule has 1 saturated heterocycles. The normalized spacial score (nSPS) is 18.2. The Kier molecular flexibility index (Phi) is 10.6. The van der Waals surface area contributed by atoms with Gasteiger partial charge >= 0.3 is 0 Å². The third-order valence-corrected chi connectivity index (χ3v) is 3.60. The van der Waals surface area contributed by atoms with Gasteiger partial charge < -0.3 is 9.47 Å². The van der Waals surface area contributed by atoms with Crippen LogP contribution in [0.4, 0.5) is 0 Å². The fraction of sp³-hybridized carbons (Fsp3) is 1.00. The van der Waals surface area contributed by atoms with Gasteiger partial charge in [-0.25, -0.2) is 0 Å². The van der Waals surface area contributed by atoms with Gasteiger partial charge in [0.15, 0.2) is 0 Å². The molecule has 1 aliphatic rings. The van der Waals surface area contributed by atoms with E-state index in [0.717, 1.165) is 19.8 Å². The topological polar surface area (TPSA) is 21.8 Å². The summed E-state index contributed by atoms with van der Waals surface area (Å²) in [4.78, 5) is 0. The molecule has 0 aromatic carbocycles. The number of ether oxygens (including phenoxy) is 2. The highest BCUT2D eigenvalue weighted by Crippen LogP contribution is 2.12. The third kappa shape index (κ3) is 11.0. The number of rotatable bonds is 14. The molecule has 1 aliphatic heterocycles. The Morgan fingerprint density at radius 1 is 0.833 bits per heavy atom. The summed E-state index contributed by atoms with van der Waals surface area (Å²) in [6, 6.07) is 0. The predicted octanol–water partition coefficient (Wildman–Crippen LogP) is 4.71. The van der Waals surface area contributed by atoms with Gasteiger partial charge in [-0.1, -0.05) is 71.1 Å². The van der Waals surface area contributed by atoms with Crippen LogP contribution in [0.1, 0.15) is 77.6 Å². The first-order valence-electron chi connectivity index (χ1n) is 8.13. The van der Waals surface area contributed by atoms with Crippen LogP contribution in [0.5, 0.6) is 0 Å². The SMILES string of the molecule is CCCCCCCCCCCCCOC[C@H]1CO1. The molecular formula is C16H32O2. The molecule has 0 amide bonds. The number of hydrogen-bond donors (Lipinski definition) is 0. The van der Waals surface area contributed by atoms with E-state index in [1.54, 1.807) is 0 Å². The van der Waals surface area contributed by atoms with Crippen molar-refractivity contribution in [1.29, 1.82) is 0 Å². The molecule has 0 bridgehead atoms. The fourth-order valence-electron chi connectivity index (χ4n) is 2.25. The van der Waals surface area contributed by atoms with Crippen molar-refractivity contribution in [3.05, 3.63) is 0 Å². The summed E-state index contributed by atoms with van der Waals surface area (Å²) in [7, 11) is 0. The van der Waals surface area contributed by atoms with Crippen LogP contribution in [0.15, 0.2) is 0 Å². The van der Waals surface area contributed by atoms with Crippen molar-refractivity contribution in [3.8, 4) is 0 Å². The largest absolute Gasteiger partial charge is 0.379 e. The number of unbranched alkanes of at least 4 members (excludes halogenated alkanes) is 10. The minimum absolute atomic E-state index is 0.428. The quantitative estimate of drug-likeness (QED) is 0.331. The maximum absolute atomic E-state index is 5.52. The van der Waals surface area contributed by atoms with Gasteiger partial charge in [0.25, 0.3) is 0 Å². The van der Waals surface area contributed by atoms with Crippen molar-refractivity contribution < 1.29 is 9.47 Å². The second-order valence-corrected chi connectivity index (χ2v) is 5.57. The van der Waals surface area contributed by atoms with Crippen LogP contribution >= 0.6 is 0 Å². The van der Waals surface area contributed by atoms with Crippen LogP contribution in [0, 0.1) is 0 Å². The van der Waals surface area contributed by atoms with E-state index in [4.69, 9.17) is 9.47 Å². The Balaban J connectivity index is 1.60. The van der Waals surface area contributed by atoms with Crippen LogP contribution in [-0.4, -0.2) is 25.9 Å². The lowest BCUT2D eigenvalue weighted by Crippen LogP contribution is -2.02. The summed E-state index contributed by atoms with van der Waals surface area (Å²) in [5.74, 6) is 0. The zero-order valence-corrected chi connectivity index (χ0v) is 12.3. The monoisotopic (exact) mass is 256 g/mol. The fourth-order valence-corrected chi connectivity index (χ4v) is 2.25. The van der Waals surface area contributed by atoms with Gasteiger partial charge in [-0.2, -0.15) is 0 Å². The van der Waals surface area contributed by atoms with Crippen molar-refractivity contribution >= 4 is 0 Å². The molecule has 1 atom stereocenters. The van der Waals surface area contributed by atoms with Gasteiger partial charge in [0.1, 0.15) is 6.10 Å². The second-order valence-electron chi connectivity index (χ2n) is 5.57. The van der Waals surface area contributed by atoms with Crippen LogP contribution in [0.25, 0.3) is 0 Å². The smallest absolute Gasteiger partial charge is 0.104 e. The Morgan fingerprint density at radius 3 is 1.83 bits per heavy atom. The lowest BCUT2D eigenvalue weighted by molar-refractivity contribution is 0.113. The lowest BCUT2D eigenvalue weighted by Gasteiger charge is -2.03. The van der Waals surface area contributed by atoms with Crippen LogP contribution in [0.3, 0.4) is 0 Å². The van der Waals surface area contributed by atoms with E-state index >= 15 is 0 Å². The van der Waals surface area contributed by atoms with Crippen molar-refractivity contribution in [3.63, 3.8) is 0 Å². The van der Waals surface area contributed by atoms with Crippen molar-refractivity contribution in [2.24, 2.45) is 0 Å². The van der Waals surface area contributed by atoms with E-state index in [1.165, 1.54) is 70.6 Å². The molecule has 0 aromatic rings. The minimum atomic E-state index is 0.428. The molecule has 108 valence electrons. The Hall–Kier alpha value is -0.0800.